The lowest BCUT2D eigenvalue weighted by molar-refractivity contribution is -0.134. The fraction of sp³-hybridized carbons (Fsp3) is 0.667. The number of nitrogens with two attached hydrogens (primary N) is 1. The summed E-state index contributed by atoms with van der Waals surface area (Å²) in [6, 6.07) is 1.51. The maximum Gasteiger partial charge on any atom is 0.240 e. The molecule has 2 atom stereocenters. The topological polar surface area (TPSA) is 72.4 Å². The first kappa shape index (κ1) is 15.0. The van der Waals surface area contributed by atoms with E-state index in [1.165, 1.54) is 0 Å². The average Bonchev–Trinajstić information content (AvgIpc) is 2.94. The van der Waals surface area contributed by atoms with Crippen LogP contribution in [-0.4, -0.2) is 28.6 Å². The van der Waals surface area contributed by atoms with Gasteiger partial charge in [-0.05, 0) is 26.2 Å². The third-order valence-corrected chi connectivity index (χ3v) is 3.27. The van der Waals surface area contributed by atoms with Crippen LogP contribution in [-0.2, 0) is 4.79 Å². The Morgan fingerprint density at radius 3 is 3.00 bits per heavy atom. The third-order valence-electron chi connectivity index (χ3n) is 3.27. The van der Waals surface area contributed by atoms with Gasteiger partial charge in [-0.1, -0.05) is 12.1 Å². The number of rotatable bonds is 3. The highest BCUT2D eigenvalue weighted by Crippen LogP contribution is 2.32. The van der Waals surface area contributed by atoms with Gasteiger partial charge < -0.3 is 15.2 Å². The second kappa shape index (κ2) is 6.20. The molecule has 2 rings (SSSR count). The minimum Gasteiger partial charge on any atom is -0.359 e. The molecular weight excluding hydrogens is 254 g/mol. The molecule has 0 aromatic carbocycles. The molecule has 1 unspecified atom stereocenters. The van der Waals surface area contributed by atoms with E-state index >= 15 is 0 Å². The van der Waals surface area contributed by atoms with Crippen molar-refractivity contribution in [2.75, 3.05) is 6.54 Å². The Balaban J connectivity index is 0.00000162. The van der Waals surface area contributed by atoms with Crippen molar-refractivity contribution >= 4 is 18.3 Å². The number of carbonyl (C=O) groups excluding carboxylic acids is 1. The van der Waals surface area contributed by atoms with Crippen molar-refractivity contribution in [3.8, 4) is 0 Å². The maximum atomic E-state index is 12.1. The predicted octanol–water partition coefficient (Wildman–Crippen LogP) is 1.81. The zero-order valence-electron chi connectivity index (χ0n) is 10.8. The van der Waals surface area contributed by atoms with Crippen molar-refractivity contribution in [1.82, 2.24) is 10.1 Å². The number of aromatic nitrogens is 1. The number of likely N-dealkylation sites (tertiary alicyclic amines) is 1. The van der Waals surface area contributed by atoms with Crippen LogP contribution in [0.5, 0.6) is 0 Å². The Morgan fingerprint density at radius 1 is 1.72 bits per heavy atom. The van der Waals surface area contributed by atoms with Crippen LogP contribution in [0, 0.1) is 6.92 Å². The molecule has 18 heavy (non-hydrogen) atoms. The highest BCUT2D eigenvalue weighted by atomic mass is 35.5. The van der Waals surface area contributed by atoms with Crippen LogP contribution >= 0.6 is 12.4 Å². The Hall–Kier alpha value is -1.07. The normalized spacial score (nSPS) is 20.6. The molecule has 1 aromatic rings. The van der Waals surface area contributed by atoms with Crippen molar-refractivity contribution in [3.63, 3.8) is 0 Å². The van der Waals surface area contributed by atoms with Gasteiger partial charge in [0.15, 0.2) is 5.76 Å². The quantitative estimate of drug-likeness (QED) is 0.912. The van der Waals surface area contributed by atoms with Crippen molar-refractivity contribution in [1.29, 1.82) is 0 Å². The van der Waals surface area contributed by atoms with Gasteiger partial charge in [0.05, 0.1) is 17.8 Å². The number of carbonyl (C=O) groups is 1. The summed E-state index contributed by atoms with van der Waals surface area (Å²) < 4.78 is 5.26. The number of aryl methyl sites for hydroxylation is 1. The Labute approximate surface area is 113 Å². The fourth-order valence-corrected chi connectivity index (χ4v) is 2.25. The molecule has 1 aromatic heterocycles. The van der Waals surface area contributed by atoms with Crippen molar-refractivity contribution in [3.05, 3.63) is 17.5 Å². The molecule has 102 valence electrons. The molecule has 0 bridgehead atoms. The first-order valence-electron chi connectivity index (χ1n) is 6.12. The average molecular weight is 274 g/mol. The lowest BCUT2D eigenvalue weighted by atomic mass is 10.1. The van der Waals surface area contributed by atoms with Crippen molar-refractivity contribution < 1.29 is 9.32 Å². The van der Waals surface area contributed by atoms with Gasteiger partial charge in [0.1, 0.15) is 0 Å². The molecule has 2 N–H and O–H groups in total. The van der Waals surface area contributed by atoms with E-state index in [0.717, 1.165) is 30.8 Å². The number of halogens is 1. The summed E-state index contributed by atoms with van der Waals surface area (Å²) in [6.07, 6.45) is 2.58. The molecule has 0 radical (unpaired) electrons. The van der Waals surface area contributed by atoms with E-state index in [1.807, 2.05) is 24.8 Å². The molecule has 6 heteroatoms. The lowest BCUT2D eigenvalue weighted by Gasteiger charge is -2.25. The van der Waals surface area contributed by atoms with Gasteiger partial charge in [-0.3, -0.25) is 4.79 Å². The van der Waals surface area contributed by atoms with Crippen molar-refractivity contribution in [2.45, 2.75) is 45.2 Å². The molecular formula is C12H20ClN3O2. The molecule has 0 spiro atoms. The molecule has 2 heterocycles. The first-order valence-corrected chi connectivity index (χ1v) is 6.12. The van der Waals surface area contributed by atoms with Crippen LogP contribution < -0.4 is 5.73 Å². The van der Waals surface area contributed by atoms with E-state index in [4.69, 9.17) is 10.3 Å². The van der Waals surface area contributed by atoms with Gasteiger partial charge >= 0.3 is 0 Å². The van der Waals surface area contributed by atoms with Crippen LogP contribution in [0.3, 0.4) is 0 Å². The second-order valence-electron chi connectivity index (χ2n) is 4.58. The number of nitrogens with zero attached hydrogens (tertiary/aromatic N) is 2. The predicted molar refractivity (Wildman–Crippen MR) is 70.4 cm³/mol. The van der Waals surface area contributed by atoms with Gasteiger partial charge in [-0.25, -0.2) is 0 Å². The third kappa shape index (κ3) is 2.84. The van der Waals surface area contributed by atoms with E-state index in [9.17, 15) is 4.79 Å². The van der Waals surface area contributed by atoms with Crippen LogP contribution in [0.2, 0.25) is 0 Å². The number of amides is 1. The summed E-state index contributed by atoms with van der Waals surface area (Å²) in [5.41, 5.74) is 6.65. The molecule has 0 aliphatic carbocycles. The summed E-state index contributed by atoms with van der Waals surface area (Å²) in [5, 5.41) is 3.88. The van der Waals surface area contributed by atoms with Crippen LogP contribution in [0.15, 0.2) is 10.6 Å². The lowest BCUT2D eigenvalue weighted by Crippen LogP contribution is -2.42. The zero-order chi connectivity index (χ0) is 12.4. The van der Waals surface area contributed by atoms with Crippen LogP contribution in [0.1, 0.15) is 43.7 Å². The second-order valence-corrected chi connectivity index (χ2v) is 4.58. The highest BCUT2D eigenvalue weighted by molar-refractivity contribution is 5.85. The van der Waals surface area contributed by atoms with Gasteiger partial charge in [-0.15, -0.1) is 12.4 Å². The van der Waals surface area contributed by atoms with Gasteiger partial charge in [0.25, 0.3) is 0 Å². The molecule has 1 fully saturated rings. The highest BCUT2D eigenvalue weighted by Gasteiger charge is 2.34. The summed E-state index contributed by atoms with van der Waals surface area (Å²) in [4.78, 5) is 13.9. The summed E-state index contributed by atoms with van der Waals surface area (Å²) in [6.45, 7) is 4.56. The minimum absolute atomic E-state index is 0. The van der Waals surface area contributed by atoms with Gasteiger partial charge in [0.2, 0.25) is 5.91 Å². The van der Waals surface area contributed by atoms with Crippen molar-refractivity contribution in [2.24, 2.45) is 5.73 Å². The molecule has 1 aliphatic heterocycles. The summed E-state index contributed by atoms with van der Waals surface area (Å²) >= 11 is 0. The van der Waals surface area contributed by atoms with Gasteiger partial charge in [0, 0.05) is 12.6 Å². The minimum atomic E-state index is -0.403. The molecule has 1 amide bonds. The summed E-state index contributed by atoms with van der Waals surface area (Å²) in [7, 11) is 0. The smallest absolute Gasteiger partial charge is 0.240 e. The monoisotopic (exact) mass is 273 g/mol. The zero-order valence-corrected chi connectivity index (χ0v) is 11.6. The van der Waals surface area contributed by atoms with Gasteiger partial charge in [-0.2, -0.15) is 0 Å². The number of hydrogen-bond donors (Lipinski definition) is 1. The van der Waals surface area contributed by atoms with E-state index in [2.05, 4.69) is 5.16 Å². The fourth-order valence-electron chi connectivity index (χ4n) is 2.25. The standard InChI is InChI=1S/C12H19N3O2.ClH/c1-3-9(13)12(16)15-6-4-5-10(15)11-7-8(2)14-17-11;/h7,9-10H,3-6,13H2,1-2H3;1H/t9-,10?;/m0./s1. The maximum absolute atomic E-state index is 12.1. The van der Waals surface area contributed by atoms with Crippen LogP contribution in [0.25, 0.3) is 0 Å². The van der Waals surface area contributed by atoms with Crippen LogP contribution in [0.4, 0.5) is 0 Å². The summed E-state index contributed by atoms with van der Waals surface area (Å²) in [5.74, 6) is 0.792. The largest absolute Gasteiger partial charge is 0.359 e. The molecule has 1 saturated heterocycles. The van der Waals surface area contributed by atoms with E-state index in [-0.39, 0.29) is 24.4 Å². The Morgan fingerprint density at radius 2 is 2.44 bits per heavy atom. The van der Waals surface area contributed by atoms with E-state index in [0.29, 0.717) is 6.42 Å². The molecule has 0 saturated carbocycles. The van der Waals surface area contributed by atoms with E-state index < -0.39 is 6.04 Å². The Kier molecular flexibility index (Phi) is 5.16. The molecule has 1 aliphatic rings. The van der Waals surface area contributed by atoms with E-state index in [1.54, 1.807) is 0 Å². The first-order chi connectivity index (χ1) is 8.13. The number of hydrogen-bond acceptors (Lipinski definition) is 4. The Bertz CT molecular complexity index is 408. The SMILES string of the molecule is CC[C@H](N)C(=O)N1CCCC1c1cc(C)no1.Cl. The molecule has 5 nitrogen and oxygen atoms in total.